The van der Waals surface area contributed by atoms with Crippen LogP contribution in [0.3, 0.4) is 0 Å². The van der Waals surface area contributed by atoms with Gasteiger partial charge in [-0.3, -0.25) is 4.55 Å². The van der Waals surface area contributed by atoms with E-state index in [0.29, 0.717) is 0 Å². The Kier molecular flexibility index (Phi) is 9.74. The van der Waals surface area contributed by atoms with Crippen LogP contribution in [0.2, 0.25) is 0 Å². The summed E-state index contributed by atoms with van der Waals surface area (Å²) in [4.78, 5) is 22.8. The highest BCUT2D eigenvalue weighted by Gasteiger charge is 2.23. The van der Waals surface area contributed by atoms with E-state index in [1.165, 1.54) is 0 Å². The molecular formula is C15H26O7S. The second-order valence-corrected chi connectivity index (χ2v) is 7.15. The molecule has 8 heteroatoms. The minimum atomic E-state index is -4.19. The predicted octanol–water partition coefficient (Wildman–Crippen LogP) is 2.73. The molecular weight excluding hydrogens is 324 g/mol. The lowest BCUT2D eigenvalue weighted by Gasteiger charge is -2.16. The van der Waals surface area contributed by atoms with Gasteiger partial charge < -0.3 is 10.2 Å². The first kappa shape index (κ1) is 21.6. The van der Waals surface area contributed by atoms with Gasteiger partial charge in [-0.1, -0.05) is 39.5 Å². The summed E-state index contributed by atoms with van der Waals surface area (Å²) in [6.45, 7) is 3.96. The summed E-state index contributed by atoms with van der Waals surface area (Å²) >= 11 is 0. The van der Waals surface area contributed by atoms with Gasteiger partial charge in [0.25, 0.3) is 10.1 Å². The van der Waals surface area contributed by atoms with E-state index in [1.807, 2.05) is 13.8 Å². The standard InChI is InChI=1S/C15H26O7S/c1-3-5-7-11(4-2)10-13(15(18)19)12(14(16)17)8-6-9-23(20,21)22/h11H,3-10H2,1-2H3,(H,16,17)(H,18,19)(H,20,21,22). The molecule has 0 heterocycles. The first-order valence-corrected chi connectivity index (χ1v) is 9.37. The van der Waals surface area contributed by atoms with E-state index in [0.717, 1.165) is 25.7 Å². The predicted molar refractivity (Wildman–Crippen MR) is 85.9 cm³/mol. The first-order chi connectivity index (χ1) is 10.6. The second kappa shape index (κ2) is 10.4. The highest BCUT2D eigenvalue weighted by molar-refractivity contribution is 7.85. The minimum absolute atomic E-state index is 0.0805. The summed E-state index contributed by atoms with van der Waals surface area (Å²) in [6, 6.07) is 0. The molecule has 0 saturated carbocycles. The molecule has 0 fully saturated rings. The third kappa shape index (κ3) is 9.35. The van der Waals surface area contributed by atoms with E-state index >= 15 is 0 Å². The van der Waals surface area contributed by atoms with Crippen molar-refractivity contribution in [2.75, 3.05) is 5.75 Å². The highest BCUT2D eigenvalue weighted by atomic mass is 32.2. The maximum atomic E-state index is 11.4. The van der Waals surface area contributed by atoms with Crippen molar-refractivity contribution >= 4 is 22.1 Å². The van der Waals surface area contributed by atoms with Gasteiger partial charge in [0.05, 0.1) is 5.75 Å². The summed E-state index contributed by atoms with van der Waals surface area (Å²) in [5.41, 5.74) is -0.452. The van der Waals surface area contributed by atoms with Crippen molar-refractivity contribution in [2.45, 2.75) is 58.8 Å². The summed E-state index contributed by atoms with van der Waals surface area (Å²) in [6.07, 6.45) is 3.29. The SMILES string of the molecule is CCCCC(CC)CC(C(=O)O)=C(CCCS(=O)(=O)O)C(=O)O. The zero-order valence-corrected chi connectivity index (χ0v) is 14.4. The van der Waals surface area contributed by atoms with Crippen molar-refractivity contribution in [1.29, 1.82) is 0 Å². The van der Waals surface area contributed by atoms with Crippen LogP contribution >= 0.6 is 0 Å². The molecule has 134 valence electrons. The minimum Gasteiger partial charge on any atom is -0.478 e. The molecule has 7 nitrogen and oxygen atoms in total. The molecule has 0 saturated heterocycles. The Hall–Kier alpha value is -1.41. The summed E-state index contributed by atoms with van der Waals surface area (Å²) in [5.74, 6) is -3.16. The molecule has 0 aromatic heterocycles. The van der Waals surface area contributed by atoms with Crippen LogP contribution in [0.4, 0.5) is 0 Å². The number of carbonyl (C=O) groups is 2. The van der Waals surface area contributed by atoms with Crippen LogP contribution in [-0.4, -0.2) is 40.9 Å². The van der Waals surface area contributed by atoms with Crippen LogP contribution in [0.5, 0.6) is 0 Å². The molecule has 1 atom stereocenters. The Labute approximate surface area is 137 Å². The first-order valence-electron chi connectivity index (χ1n) is 7.76. The van der Waals surface area contributed by atoms with Gasteiger partial charge in [-0.15, -0.1) is 0 Å². The van der Waals surface area contributed by atoms with Crippen molar-refractivity contribution in [3.63, 3.8) is 0 Å². The van der Waals surface area contributed by atoms with Crippen LogP contribution < -0.4 is 0 Å². The van der Waals surface area contributed by atoms with Crippen molar-refractivity contribution in [1.82, 2.24) is 0 Å². The van der Waals surface area contributed by atoms with E-state index in [4.69, 9.17) is 4.55 Å². The van der Waals surface area contributed by atoms with Gasteiger partial charge in [-0.25, -0.2) is 9.59 Å². The zero-order valence-electron chi connectivity index (χ0n) is 13.6. The van der Waals surface area contributed by atoms with Crippen LogP contribution in [0.1, 0.15) is 58.8 Å². The normalized spacial score (nSPS) is 14.2. The number of unbranched alkanes of at least 4 members (excludes halogenated alkanes) is 1. The van der Waals surface area contributed by atoms with Crippen molar-refractivity contribution in [3.05, 3.63) is 11.1 Å². The molecule has 0 radical (unpaired) electrons. The van der Waals surface area contributed by atoms with Gasteiger partial charge in [-0.2, -0.15) is 8.42 Å². The quantitative estimate of drug-likeness (QED) is 0.364. The lowest BCUT2D eigenvalue weighted by Crippen LogP contribution is -2.16. The number of aliphatic carboxylic acids is 2. The third-order valence-electron chi connectivity index (χ3n) is 3.75. The van der Waals surface area contributed by atoms with Crippen LogP contribution in [-0.2, 0) is 19.7 Å². The van der Waals surface area contributed by atoms with E-state index in [9.17, 15) is 28.2 Å². The van der Waals surface area contributed by atoms with Crippen molar-refractivity contribution in [3.8, 4) is 0 Å². The molecule has 0 aromatic rings. The fourth-order valence-electron chi connectivity index (χ4n) is 2.39. The van der Waals surface area contributed by atoms with Gasteiger partial charge in [0.15, 0.2) is 0 Å². The Morgan fingerprint density at radius 2 is 1.57 bits per heavy atom. The maximum Gasteiger partial charge on any atom is 0.332 e. The van der Waals surface area contributed by atoms with Crippen LogP contribution in [0.15, 0.2) is 11.1 Å². The van der Waals surface area contributed by atoms with E-state index in [2.05, 4.69) is 0 Å². The van der Waals surface area contributed by atoms with Gasteiger partial charge in [-0.05, 0) is 25.2 Å². The van der Waals surface area contributed by atoms with Crippen LogP contribution in [0.25, 0.3) is 0 Å². The fourth-order valence-corrected chi connectivity index (χ4v) is 2.90. The summed E-state index contributed by atoms with van der Waals surface area (Å²) in [5, 5.41) is 18.6. The molecule has 0 aromatic carbocycles. The van der Waals surface area contributed by atoms with Crippen molar-refractivity contribution in [2.24, 2.45) is 5.92 Å². The van der Waals surface area contributed by atoms with Crippen molar-refractivity contribution < 1.29 is 32.8 Å². The fraction of sp³-hybridized carbons (Fsp3) is 0.733. The topological polar surface area (TPSA) is 129 Å². The number of hydrogen-bond donors (Lipinski definition) is 3. The van der Waals surface area contributed by atoms with Gasteiger partial charge in [0.1, 0.15) is 0 Å². The van der Waals surface area contributed by atoms with E-state index in [-0.39, 0.29) is 36.3 Å². The molecule has 0 spiro atoms. The largest absolute Gasteiger partial charge is 0.478 e. The van der Waals surface area contributed by atoms with Gasteiger partial charge in [0, 0.05) is 11.1 Å². The van der Waals surface area contributed by atoms with Crippen LogP contribution in [0, 0.1) is 5.92 Å². The summed E-state index contributed by atoms with van der Waals surface area (Å²) in [7, 11) is -4.19. The molecule has 23 heavy (non-hydrogen) atoms. The smallest absolute Gasteiger partial charge is 0.332 e. The zero-order chi connectivity index (χ0) is 18.0. The highest BCUT2D eigenvalue weighted by Crippen LogP contribution is 2.25. The third-order valence-corrected chi connectivity index (χ3v) is 4.55. The lowest BCUT2D eigenvalue weighted by atomic mass is 9.89. The molecule has 1 unspecified atom stereocenters. The molecule has 0 bridgehead atoms. The van der Waals surface area contributed by atoms with E-state index < -0.39 is 27.8 Å². The average molecular weight is 350 g/mol. The molecule has 0 amide bonds. The molecule has 0 rings (SSSR count). The Morgan fingerprint density at radius 3 is 1.96 bits per heavy atom. The Balaban J connectivity index is 5.26. The number of rotatable bonds is 12. The molecule has 0 aliphatic heterocycles. The maximum absolute atomic E-state index is 11.4. The van der Waals surface area contributed by atoms with Gasteiger partial charge >= 0.3 is 11.9 Å². The monoisotopic (exact) mass is 350 g/mol. The Bertz CT molecular complexity index is 534. The summed E-state index contributed by atoms with van der Waals surface area (Å²) < 4.78 is 30.1. The van der Waals surface area contributed by atoms with Gasteiger partial charge in [0.2, 0.25) is 0 Å². The number of carboxylic acids is 2. The Morgan fingerprint density at radius 1 is 1.00 bits per heavy atom. The number of hydrogen-bond acceptors (Lipinski definition) is 4. The molecule has 0 aliphatic carbocycles. The van der Waals surface area contributed by atoms with E-state index in [1.54, 1.807) is 0 Å². The molecule has 0 aliphatic rings. The average Bonchev–Trinajstić information content (AvgIpc) is 2.43. The number of carboxylic acid groups (broad SMARTS) is 2. The lowest BCUT2D eigenvalue weighted by molar-refractivity contribution is -0.136. The molecule has 3 N–H and O–H groups in total. The second-order valence-electron chi connectivity index (χ2n) is 5.58.